The lowest BCUT2D eigenvalue weighted by Crippen LogP contribution is -2.43. The van der Waals surface area contributed by atoms with Crippen molar-refractivity contribution in [2.24, 2.45) is 11.7 Å². The average molecular weight is 246 g/mol. The number of rotatable bonds is 6. The maximum absolute atomic E-state index is 11.6. The van der Waals surface area contributed by atoms with Crippen LogP contribution in [0.2, 0.25) is 0 Å². The van der Waals surface area contributed by atoms with Gasteiger partial charge in [-0.3, -0.25) is 4.79 Å². The van der Waals surface area contributed by atoms with Crippen LogP contribution in [0.5, 0.6) is 0 Å². The minimum Gasteiger partial charge on any atom is -0.381 e. The molecule has 0 bridgehead atoms. The summed E-state index contributed by atoms with van der Waals surface area (Å²) in [6, 6.07) is -0.364. The highest BCUT2D eigenvalue weighted by atomic mass is 32.2. The molecule has 1 fully saturated rings. The standard InChI is InChI=1S/C11H22N2O2S/c1-16-6-4-10(12)11(14)13-7-9-3-2-5-15-8-9/h9-10H,2-8,12H2,1H3,(H,13,14)/t9?,10-/m0/s1. The predicted molar refractivity (Wildman–Crippen MR) is 67.5 cm³/mol. The molecule has 3 N–H and O–H groups in total. The number of amides is 1. The quantitative estimate of drug-likeness (QED) is 0.721. The lowest BCUT2D eigenvalue weighted by atomic mass is 10.0. The van der Waals surface area contributed by atoms with E-state index in [2.05, 4.69) is 5.32 Å². The fourth-order valence-corrected chi connectivity index (χ4v) is 2.21. The summed E-state index contributed by atoms with van der Waals surface area (Å²) in [5, 5.41) is 2.91. The van der Waals surface area contributed by atoms with Gasteiger partial charge in [0.25, 0.3) is 0 Å². The number of hydrogen-bond acceptors (Lipinski definition) is 4. The van der Waals surface area contributed by atoms with E-state index in [0.717, 1.165) is 38.2 Å². The Morgan fingerprint density at radius 3 is 3.12 bits per heavy atom. The third-order valence-corrected chi connectivity index (χ3v) is 3.43. The van der Waals surface area contributed by atoms with Gasteiger partial charge in [-0.05, 0) is 37.2 Å². The lowest BCUT2D eigenvalue weighted by molar-refractivity contribution is -0.122. The highest BCUT2D eigenvalue weighted by Gasteiger charge is 2.17. The average Bonchev–Trinajstić information content (AvgIpc) is 2.34. The zero-order valence-corrected chi connectivity index (χ0v) is 10.7. The van der Waals surface area contributed by atoms with E-state index in [4.69, 9.17) is 10.5 Å². The van der Waals surface area contributed by atoms with Gasteiger partial charge in [-0.15, -0.1) is 0 Å². The molecule has 0 radical (unpaired) electrons. The van der Waals surface area contributed by atoms with Crippen LogP contribution in [0.1, 0.15) is 19.3 Å². The molecule has 1 aliphatic heterocycles. The number of ether oxygens (including phenoxy) is 1. The Bertz CT molecular complexity index is 208. The van der Waals surface area contributed by atoms with Gasteiger partial charge in [0.2, 0.25) is 5.91 Å². The number of hydrogen-bond donors (Lipinski definition) is 2. The Balaban J connectivity index is 2.12. The predicted octanol–water partition coefficient (Wildman–Crippen LogP) is 0.610. The van der Waals surface area contributed by atoms with Crippen LogP contribution in [0.25, 0.3) is 0 Å². The van der Waals surface area contributed by atoms with Gasteiger partial charge in [-0.25, -0.2) is 0 Å². The maximum atomic E-state index is 11.6. The van der Waals surface area contributed by atoms with E-state index in [1.807, 2.05) is 6.26 Å². The molecule has 16 heavy (non-hydrogen) atoms. The third kappa shape index (κ3) is 5.18. The molecule has 1 unspecified atom stereocenters. The molecule has 0 aliphatic carbocycles. The zero-order valence-electron chi connectivity index (χ0n) is 9.91. The molecule has 5 heteroatoms. The SMILES string of the molecule is CSCC[C@H](N)C(=O)NCC1CCCOC1. The van der Waals surface area contributed by atoms with Crippen LogP contribution in [-0.2, 0) is 9.53 Å². The zero-order chi connectivity index (χ0) is 11.8. The minimum absolute atomic E-state index is 0.0281. The summed E-state index contributed by atoms with van der Waals surface area (Å²) < 4.78 is 5.35. The van der Waals surface area contributed by atoms with Crippen LogP contribution in [0.4, 0.5) is 0 Å². The van der Waals surface area contributed by atoms with E-state index >= 15 is 0 Å². The molecule has 1 rings (SSSR count). The summed E-state index contributed by atoms with van der Waals surface area (Å²) >= 11 is 1.71. The van der Waals surface area contributed by atoms with E-state index in [1.165, 1.54) is 0 Å². The Morgan fingerprint density at radius 1 is 1.69 bits per heavy atom. The van der Waals surface area contributed by atoms with Crippen molar-refractivity contribution in [2.75, 3.05) is 31.8 Å². The van der Waals surface area contributed by atoms with E-state index in [0.29, 0.717) is 12.5 Å². The molecule has 1 aliphatic rings. The summed E-state index contributed by atoms with van der Waals surface area (Å²) in [6.07, 6.45) is 5.00. The van der Waals surface area contributed by atoms with E-state index in [-0.39, 0.29) is 11.9 Å². The number of thioether (sulfide) groups is 1. The summed E-state index contributed by atoms with van der Waals surface area (Å²) in [5.41, 5.74) is 5.76. The summed E-state index contributed by atoms with van der Waals surface area (Å²) in [6.45, 7) is 2.32. The lowest BCUT2D eigenvalue weighted by Gasteiger charge is -2.23. The second-order valence-electron chi connectivity index (χ2n) is 4.22. The molecular formula is C11H22N2O2S. The molecule has 0 aromatic heterocycles. The highest BCUT2D eigenvalue weighted by molar-refractivity contribution is 7.98. The van der Waals surface area contributed by atoms with Crippen molar-refractivity contribution in [1.82, 2.24) is 5.32 Å². The van der Waals surface area contributed by atoms with Gasteiger partial charge in [0.15, 0.2) is 0 Å². The van der Waals surface area contributed by atoms with Gasteiger partial charge in [-0.2, -0.15) is 11.8 Å². The van der Waals surface area contributed by atoms with Crippen LogP contribution in [0.3, 0.4) is 0 Å². The Morgan fingerprint density at radius 2 is 2.50 bits per heavy atom. The molecule has 1 amide bonds. The van der Waals surface area contributed by atoms with Crippen LogP contribution in [-0.4, -0.2) is 43.7 Å². The molecule has 0 aromatic carbocycles. The normalized spacial score (nSPS) is 22.8. The Kier molecular flexibility index (Phi) is 6.84. The van der Waals surface area contributed by atoms with Gasteiger partial charge in [0.05, 0.1) is 12.6 Å². The molecule has 0 spiro atoms. The first-order chi connectivity index (χ1) is 7.74. The number of nitrogens with one attached hydrogen (secondary N) is 1. The second-order valence-corrected chi connectivity index (χ2v) is 5.20. The topological polar surface area (TPSA) is 64.4 Å². The molecular weight excluding hydrogens is 224 g/mol. The molecule has 0 aromatic rings. The monoisotopic (exact) mass is 246 g/mol. The number of nitrogens with two attached hydrogens (primary N) is 1. The van der Waals surface area contributed by atoms with Crippen molar-refractivity contribution in [2.45, 2.75) is 25.3 Å². The fourth-order valence-electron chi connectivity index (χ4n) is 1.72. The molecule has 2 atom stereocenters. The molecule has 1 heterocycles. The minimum atomic E-state index is -0.364. The van der Waals surface area contributed by atoms with Crippen LogP contribution >= 0.6 is 11.8 Å². The summed E-state index contributed by atoms with van der Waals surface area (Å²) in [5.74, 6) is 1.37. The van der Waals surface area contributed by atoms with Gasteiger partial charge < -0.3 is 15.8 Å². The van der Waals surface area contributed by atoms with Crippen LogP contribution < -0.4 is 11.1 Å². The van der Waals surface area contributed by atoms with Crippen molar-refractivity contribution < 1.29 is 9.53 Å². The highest BCUT2D eigenvalue weighted by Crippen LogP contribution is 2.12. The number of carbonyl (C=O) groups excluding carboxylic acids is 1. The van der Waals surface area contributed by atoms with Crippen molar-refractivity contribution in [3.63, 3.8) is 0 Å². The molecule has 0 saturated carbocycles. The molecule has 4 nitrogen and oxygen atoms in total. The Labute approximate surface area is 102 Å². The van der Waals surface area contributed by atoms with E-state index in [9.17, 15) is 4.79 Å². The second kappa shape index (κ2) is 7.92. The third-order valence-electron chi connectivity index (χ3n) is 2.79. The first-order valence-electron chi connectivity index (χ1n) is 5.84. The van der Waals surface area contributed by atoms with Crippen molar-refractivity contribution in [1.29, 1.82) is 0 Å². The maximum Gasteiger partial charge on any atom is 0.236 e. The number of carbonyl (C=O) groups is 1. The van der Waals surface area contributed by atoms with Crippen LogP contribution in [0, 0.1) is 5.92 Å². The largest absolute Gasteiger partial charge is 0.381 e. The first-order valence-corrected chi connectivity index (χ1v) is 7.23. The fraction of sp³-hybridized carbons (Fsp3) is 0.909. The smallest absolute Gasteiger partial charge is 0.236 e. The van der Waals surface area contributed by atoms with Gasteiger partial charge in [0, 0.05) is 13.2 Å². The summed E-state index contributed by atoms with van der Waals surface area (Å²) in [4.78, 5) is 11.6. The van der Waals surface area contributed by atoms with Gasteiger partial charge in [0.1, 0.15) is 0 Å². The summed E-state index contributed by atoms with van der Waals surface area (Å²) in [7, 11) is 0. The Hall–Kier alpha value is -0.260. The van der Waals surface area contributed by atoms with Crippen LogP contribution in [0.15, 0.2) is 0 Å². The van der Waals surface area contributed by atoms with Crippen molar-refractivity contribution >= 4 is 17.7 Å². The van der Waals surface area contributed by atoms with E-state index < -0.39 is 0 Å². The van der Waals surface area contributed by atoms with E-state index in [1.54, 1.807) is 11.8 Å². The van der Waals surface area contributed by atoms with Gasteiger partial charge >= 0.3 is 0 Å². The first kappa shape index (κ1) is 13.8. The van der Waals surface area contributed by atoms with Crippen molar-refractivity contribution in [3.05, 3.63) is 0 Å². The molecule has 94 valence electrons. The molecule has 1 saturated heterocycles. The van der Waals surface area contributed by atoms with Gasteiger partial charge in [-0.1, -0.05) is 0 Å². The van der Waals surface area contributed by atoms with Crippen molar-refractivity contribution in [3.8, 4) is 0 Å².